The minimum Gasteiger partial charge on any atom is -0.494 e. The van der Waals surface area contributed by atoms with Crippen molar-refractivity contribution >= 4 is 6.09 Å². The minimum atomic E-state index is -0.299. The third-order valence-electron chi connectivity index (χ3n) is 2.83. The topological polar surface area (TPSA) is 64.8 Å². The summed E-state index contributed by atoms with van der Waals surface area (Å²) in [4.78, 5) is 13.2. The fourth-order valence-electron chi connectivity index (χ4n) is 1.99. The van der Waals surface area contributed by atoms with Gasteiger partial charge in [0.15, 0.2) is 0 Å². The second-order valence-electron chi connectivity index (χ2n) is 4.11. The molecule has 1 aliphatic heterocycles. The van der Waals surface area contributed by atoms with Crippen LogP contribution in [-0.4, -0.2) is 37.2 Å². The van der Waals surface area contributed by atoms with Crippen molar-refractivity contribution in [1.29, 1.82) is 0 Å². The predicted octanol–water partition coefficient (Wildman–Crippen LogP) is 1.54. The molecule has 1 aromatic rings. The summed E-state index contributed by atoms with van der Waals surface area (Å²) in [6, 6.07) is 7.64. The highest BCUT2D eigenvalue weighted by molar-refractivity contribution is 5.70. The molecular weight excluding hydrogens is 232 g/mol. The van der Waals surface area contributed by atoms with Crippen molar-refractivity contribution in [3.63, 3.8) is 0 Å². The van der Waals surface area contributed by atoms with Gasteiger partial charge in [-0.3, -0.25) is 0 Å². The van der Waals surface area contributed by atoms with Gasteiger partial charge in [-0.1, -0.05) is 12.1 Å². The number of carbonyl (C=O) groups is 1. The van der Waals surface area contributed by atoms with E-state index in [0.717, 1.165) is 11.3 Å². The molecule has 1 heterocycles. The van der Waals surface area contributed by atoms with Crippen molar-refractivity contribution in [2.45, 2.75) is 13.0 Å². The number of amides is 1. The summed E-state index contributed by atoms with van der Waals surface area (Å²) in [7, 11) is 0. The normalized spacial score (nSPS) is 18.9. The lowest BCUT2D eigenvalue weighted by atomic mass is 10.1. The first-order chi connectivity index (χ1) is 8.74. The second kappa shape index (κ2) is 5.73. The number of rotatable bonds is 5. The summed E-state index contributed by atoms with van der Waals surface area (Å²) < 4.78 is 10.8. The predicted molar refractivity (Wildman–Crippen MR) is 67.5 cm³/mol. The number of hydrogen-bond donors (Lipinski definition) is 1. The van der Waals surface area contributed by atoms with E-state index in [2.05, 4.69) is 0 Å². The Morgan fingerprint density at radius 1 is 1.56 bits per heavy atom. The van der Waals surface area contributed by atoms with E-state index in [1.165, 1.54) is 0 Å². The van der Waals surface area contributed by atoms with E-state index in [1.54, 1.807) is 4.90 Å². The molecule has 5 heteroatoms. The summed E-state index contributed by atoms with van der Waals surface area (Å²) >= 11 is 0. The lowest BCUT2D eigenvalue weighted by Gasteiger charge is -2.11. The van der Waals surface area contributed by atoms with Gasteiger partial charge in [-0.25, -0.2) is 4.79 Å². The average molecular weight is 250 g/mol. The van der Waals surface area contributed by atoms with Crippen LogP contribution in [0.5, 0.6) is 5.75 Å². The van der Waals surface area contributed by atoms with Crippen LogP contribution < -0.4 is 10.5 Å². The number of benzene rings is 1. The van der Waals surface area contributed by atoms with Crippen LogP contribution in [0.15, 0.2) is 24.3 Å². The molecule has 5 nitrogen and oxygen atoms in total. The van der Waals surface area contributed by atoms with E-state index >= 15 is 0 Å². The highest BCUT2D eigenvalue weighted by atomic mass is 16.6. The van der Waals surface area contributed by atoms with Crippen LogP contribution in [0.3, 0.4) is 0 Å². The third kappa shape index (κ3) is 2.73. The average Bonchev–Trinajstić information content (AvgIpc) is 2.73. The molecule has 1 atom stereocenters. The second-order valence-corrected chi connectivity index (χ2v) is 4.11. The number of carbonyl (C=O) groups excluding carboxylic acids is 1. The maximum absolute atomic E-state index is 11.6. The molecule has 0 saturated carbocycles. The quantitative estimate of drug-likeness (QED) is 0.860. The van der Waals surface area contributed by atoms with Gasteiger partial charge >= 0.3 is 6.09 Å². The Labute approximate surface area is 106 Å². The minimum absolute atomic E-state index is 0.232. The molecule has 1 saturated heterocycles. The Morgan fingerprint density at radius 2 is 2.39 bits per heavy atom. The molecule has 1 fully saturated rings. The van der Waals surface area contributed by atoms with E-state index in [-0.39, 0.29) is 12.2 Å². The highest BCUT2D eigenvalue weighted by Crippen LogP contribution is 2.28. The highest BCUT2D eigenvalue weighted by Gasteiger charge is 2.31. The standard InChI is InChI=1S/C13H18N2O3/c1-2-17-11-5-3-4-10(8-11)12-9-15(7-6-14)13(16)18-12/h3-5,8,12H,2,6-7,9,14H2,1H3. The fourth-order valence-corrected chi connectivity index (χ4v) is 1.99. The molecule has 1 unspecified atom stereocenters. The first kappa shape index (κ1) is 12.7. The summed E-state index contributed by atoms with van der Waals surface area (Å²) in [5.41, 5.74) is 6.40. The third-order valence-corrected chi connectivity index (χ3v) is 2.83. The molecule has 98 valence electrons. The van der Waals surface area contributed by atoms with Crippen molar-refractivity contribution in [2.24, 2.45) is 5.73 Å². The summed E-state index contributed by atoms with van der Waals surface area (Å²) in [6.45, 7) is 4.07. The van der Waals surface area contributed by atoms with Crippen LogP contribution in [0.4, 0.5) is 4.79 Å². The molecule has 1 aliphatic rings. The lowest BCUT2D eigenvalue weighted by molar-refractivity contribution is 0.133. The summed E-state index contributed by atoms with van der Waals surface area (Å²) in [5.74, 6) is 0.795. The van der Waals surface area contributed by atoms with Crippen LogP contribution in [0.25, 0.3) is 0 Å². The van der Waals surface area contributed by atoms with E-state index in [1.807, 2.05) is 31.2 Å². The number of ether oxygens (including phenoxy) is 2. The first-order valence-corrected chi connectivity index (χ1v) is 6.13. The summed E-state index contributed by atoms with van der Waals surface area (Å²) in [5, 5.41) is 0. The van der Waals surface area contributed by atoms with Crippen molar-refractivity contribution < 1.29 is 14.3 Å². The molecule has 2 N–H and O–H groups in total. The maximum atomic E-state index is 11.6. The van der Waals surface area contributed by atoms with Crippen molar-refractivity contribution in [3.8, 4) is 5.75 Å². The molecule has 0 aromatic heterocycles. The van der Waals surface area contributed by atoms with E-state index < -0.39 is 0 Å². The van der Waals surface area contributed by atoms with E-state index in [4.69, 9.17) is 15.2 Å². The molecule has 18 heavy (non-hydrogen) atoms. The molecule has 1 aromatic carbocycles. The van der Waals surface area contributed by atoms with Crippen LogP contribution in [0, 0.1) is 0 Å². The Bertz CT molecular complexity index is 422. The van der Waals surface area contributed by atoms with Gasteiger partial charge in [0.05, 0.1) is 13.2 Å². The Balaban J connectivity index is 2.08. The Hall–Kier alpha value is -1.75. The van der Waals surface area contributed by atoms with Crippen LogP contribution >= 0.6 is 0 Å². The molecule has 0 bridgehead atoms. The number of cyclic esters (lactones) is 1. The van der Waals surface area contributed by atoms with Gasteiger partial charge in [0.1, 0.15) is 11.9 Å². The van der Waals surface area contributed by atoms with Gasteiger partial charge in [0.2, 0.25) is 0 Å². The number of nitrogens with two attached hydrogens (primary N) is 1. The van der Waals surface area contributed by atoms with Crippen LogP contribution in [0.2, 0.25) is 0 Å². The molecule has 0 radical (unpaired) electrons. The smallest absolute Gasteiger partial charge is 0.410 e. The lowest BCUT2D eigenvalue weighted by Crippen LogP contribution is -2.30. The van der Waals surface area contributed by atoms with Gasteiger partial charge in [-0.2, -0.15) is 0 Å². The zero-order valence-corrected chi connectivity index (χ0v) is 10.5. The van der Waals surface area contributed by atoms with Crippen molar-refractivity contribution in [1.82, 2.24) is 4.90 Å². The van der Waals surface area contributed by atoms with Gasteiger partial charge in [-0.05, 0) is 24.6 Å². The SMILES string of the molecule is CCOc1cccc(C2CN(CCN)C(=O)O2)c1. The van der Waals surface area contributed by atoms with Gasteiger partial charge < -0.3 is 20.1 Å². The molecule has 2 rings (SSSR count). The largest absolute Gasteiger partial charge is 0.494 e. The van der Waals surface area contributed by atoms with E-state index in [9.17, 15) is 4.79 Å². The van der Waals surface area contributed by atoms with Gasteiger partial charge in [-0.15, -0.1) is 0 Å². The van der Waals surface area contributed by atoms with Crippen LogP contribution in [-0.2, 0) is 4.74 Å². The summed E-state index contributed by atoms with van der Waals surface area (Å²) in [6.07, 6.45) is -0.531. The molecular formula is C13H18N2O3. The number of nitrogens with zero attached hydrogens (tertiary/aromatic N) is 1. The molecule has 0 aliphatic carbocycles. The van der Waals surface area contributed by atoms with Gasteiger partial charge in [0.25, 0.3) is 0 Å². The van der Waals surface area contributed by atoms with Crippen LogP contribution in [0.1, 0.15) is 18.6 Å². The van der Waals surface area contributed by atoms with Gasteiger partial charge in [0, 0.05) is 13.1 Å². The first-order valence-electron chi connectivity index (χ1n) is 6.13. The van der Waals surface area contributed by atoms with E-state index in [0.29, 0.717) is 26.2 Å². The fraction of sp³-hybridized carbons (Fsp3) is 0.462. The molecule has 0 spiro atoms. The monoisotopic (exact) mass is 250 g/mol. The van der Waals surface area contributed by atoms with Crippen molar-refractivity contribution in [3.05, 3.63) is 29.8 Å². The zero-order valence-electron chi connectivity index (χ0n) is 10.5. The zero-order chi connectivity index (χ0) is 13.0. The molecule has 1 amide bonds. The number of hydrogen-bond acceptors (Lipinski definition) is 4. The Morgan fingerprint density at radius 3 is 3.11 bits per heavy atom. The Kier molecular flexibility index (Phi) is 4.04. The van der Waals surface area contributed by atoms with Crippen molar-refractivity contribution in [2.75, 3.05) is 26.2 Å². The maximum Gasteiger partial charge on any atom is 0.410 e.